The third-order valence-electron chi connectivity index (χ3n) is 2.51. The normalized spacial score (nSPS) is 12.6. The van der Waals surface area contributed by atoms with Crippen LogP contribution in [0.5, 0.6) is 0 Å². The van der Waals surface area contributed by atoms with Crippen molar-refractivity contribution in [2.24, 2.45) is 5.73 Å². The number of aromatic amines is 1. The van der Waals surface area contributed by atoms with Gasteiger partial charge in [0.2, 0.25) is 5.91 Å². The third kappa shape index (κ3) is 2.82. The Labute approximate surface area is 99.4 Å². The fourth-order valence-electron chi connectivity index (χ4n) is 1.59. The van der Waals surface area contributed by atoms with Crippen molar-refractivity contribution in [1.82, 2.24) is 15.3 Å². The maximum Gasteiger partial charge on any atom is 0.236 e. The van der Waals surface area contributed by atoms with Gasteiger partial charge in [-0.3, -0.25) is 4.79 Å². The number of H-pyrrole nitrogens is 1. The molecule has 2 aromatic rings. The van der Waals surface area contributed by atoms with Crippen molar-refractivity contribution in [2.45, 2.75) is 19.4 Å². The Hall–Kier alpha value is -1.88. The van der Waals surface area contributed by atoms with Crippen LogP contribution in [0.4, 0.5) is 0 Å². The summed E-state index contributed by atoms with van der Waals surface area (Å²) in [6.45, 7) is 2.21. The third-order valence-corrected chi connectivity index (χ3v) is 2.51. The van der Waals surface area contributed by atoms with E-state index in [1.807, 2.05) is 24.3 Å². The number of nitrogens with two attached hydrogens (primary N) is 1. The van der Waals surface area contributed by atoms with E-state index in [9.17, 15) is 4.79 Å². The number of rotatable bonds is 4. The van der Waals surface area contributed by atoms with Gasteiger partial charge >= 0.3 is 0 Å². The summed E-state index contributed by atoms with van der Waals surface area (Å²) in [5.41, 5.74) is 7.40. The molecule has 0 saturated carbocycles. The topological polar surface area (TPSA) is 83.8 Å². The summed E-state index contributed by atoms with van der Waals surface area (Å²) in [5.74, 6) is 0.734. The quantitative estimate of drug-likeness (QED) is 0.720. The van der Waals surface area contributed by atoms with Crippen LogP contribution in [0.1, 0.15) is 12.7 Å². The maximum atomic E-state index is 11.2. The van der Waals surface area contributed by atoms with E-state index in [0.717, 1.165) is 16.9 Å². The highest BCUT2D eigenvalue weighted by Gasteiger charge is 2.06. The average molecular weight is 232 g/mol. The predicted molar refractivity (Wildman–Crippen MR) is 66.5 cm³/mol. The van der Waals surface area contributed by atoms with Crippen LogP contribution in [0.25, 0.3) is 11.0 Å². The smallest absolute Gasteiger partial charge is 0.236 e. The van der Waals surface area contributed by atoms with Crippen molar-refractivity contribution in [3.05, 3.63) is 30.1 Å². The molecule has 4 N–H and O–H groups in total. The molecule has 1 heterocycles. The van der Waals surface area contributed by atoms with Crippen LogP contribution in [0.3, 0.4) is 0 Å². The molecule has 1 aromatic heterocycles. The van der Waals surface area contributed by atoms with Gasteiger partial charge in [-0.25, -0.2) is 4.98 Å². The summed E-state index contributed by atoms with van der Waals surface area (Å²) in [5, 5.41) is 2.75. The Morgan fingerprint density at radius 1 is 1.53 bits per heavy atom. The number of carbonyl (C=O) groups is 1. The molecule has 0 spiro atoms. The number of hydrogen-bond acceptors (Lipinski definition) is 3. The molecule has 5 nitrogen and oxygen atoms in total. The minimum Gasteiger partial charge on any atom is -0.354 e. The lowest BCUT2D eigenvalue weighted by Crippen LogP contribution is -2.39. The zero-order chi connectivity index (χ0) is 12.3. The Morgan fingerprint density at radius 3 is 3.00 bits per heavy atom. The van der Waals surface area contributed by atoms with Gasteiger partial charge in [0, 0.05) is 13.0 Å². The second-order valence-electron chi connectivity index (χ2n) is 4.03. The van der Waals surface area contributed by atoms with Crippen molar-refractivity contribution < 1.29 is 4.79 Å². The molecule has 0 radical (unpaired) electrons. The van der Waals surface area contributed by atoms with E-state index < -0.39 is 6.04 Å². The largest absolute Gasteiger partial charge is 0.354 e. The van der Waals surface area contributed by atoms with Crippen LogP contribution in [-0.4, -0.2) is 28.5 Å². The van der Waals surface area contributed by atoms with E-state index in [-0.39, 0.29) is 5.91 Å². The molecular weight excluding hydrogens is 216 g/mol. The molecule has 1 aromatic carbocycles. The summed E-state index contributed by atoms with van der Waals surface area (Å²) in [7, 11) is 0. The molecule has 90 valence electrons. The highest BCUT2D eigenvalue weighted by molar-refractivity contribution is 5.81. The van der Waals surface area contributed by atoms with Gasteiger partial charge in [0.05, 0.1) is 17.1 Å². The van der Waals surface area contributed by atoms with Gasteiger partial charge in [0.15, 0.2) is 0 Å². The molecule has 2 rings (SSSR count). The summed E-state index contributed by atoms with van der Waals surface area (Å²) < 4.78 is 0. The molecule has 5 heteroatoms. The van der Waals surface area contributed by atoms with E-state index in [2.05, 4.69) is 15.3 Å². The van der Waals surface area contributed by atoms with E-state index in [1.165, 1.54) is 0 Å². The molecule has 0 aliphatic rings. The molecule has 0 aliphatic heterocycles. The second-order valence-corrected chi connectivity index (χ2v) is 4.03. The zero-order valence-corrected chi connectivity index (χ0v) is 9.73. The summed E-state index contributed by atoms with van der Waals surface area (Å²) in [6, 6.07) is 7.38. The average Bonchev–Trinajstić information content (AvgIpc) is 2.71. The summed E-state index contributed by atoms with van der Waals surface area (Å²) >= 11 is 0. The van der Waals surface area contributed by atoms with Gasteiger partial charge in [-0.05, 0) is 19.1 Å². The summed E-state index contributed by atoms with van der Waals surface area (Å²) in [4.78, 5) is 18.9. The first-order valence-electron chi connectivity index (χ1n) is 5.64. The van der Waals surface area contributed by atoms with Crippen LogP contribution >= 0.6 is 0 Å². The zero-order valence-electron chi connectivity index (χ0n) is 9.73. The molecule has 0 unspecified atom stereocenters. The van der Waals surface area contributed by atoms with E-state index in [4.69, 9.17) is 5.73 Å². The lowest BCUT2D eigenvalue weighted by molar-refractivity contribution is -0.121. The molecule has 0 saturated heterocycles. The number of aromatic nitrogens is 2. The highest BCUT2D eigenvalue weighted by atomic mass is 16.2. The standard InChI is InChI=1S/C12H16N4O/c1-8(13)12(17)14-7-6-11-15-9-4-2-3-5-10(9)16-11/h2-5,8H,6-7,13H2,1H3,(H,14,17)(H,15,16)/t8-/m1/s1. The predicted octanol–water partition coefficient (Wildman–Crippen LogP) is 0.569. The van der Waals surface area contributed by atoms with Gasteiger partial charge < -0.3 is 16.0 Å². The maximum absolute atomic E-state index is 11.2. The van der Waals surface area contributed by atoms with Crippen molar-refractivity contribution >= 4 is 16.9 Å². The molecule has 17 heavy (non-hydrogen) atoms. The Kier molecular flexibility index (Phi) is 3.39. The van der Waals surface area contributed by atoms with Gasteiger partial charge in [-0.15, -0.1) is 0 Å². The van der Waals surface area contributed by atoms with Crippen LogP contribution in [0, 0.1) is 0 Å². The number of benzene rings is 1. The molecule has 0 aliphatic carbocycles. The van der Waals surface area contributed by atoms with Crippen molar-refractivity contribution in [1.29, 1.82) is 0 Å². The lowest BCUT2D eigenvalue weighted by atomic mass is 10.3. The molecule has 1 amide bonds. The number of imidazole rings is 1. The van der Waals surface area contributed by atoms with Crippen LogP contribution < -0.4 is 11.1 Å². The van der Waals surface area contributed by atoms with Gasteiger partial charge in [0.1, 0.15) is 5.82 Å². The number of hydrogen-bond donors (Lipinski definition) is 3. The van der Waals surface area contributed by atoms with E-state index >= 15 is 0 Å². The highest BCUT2D eigenvalue weighted by Crippen LogP contribution is 2.10. The number of carbonyl (C=O) groups excluding carboxylic acids is 1. The van der Waals surface area contributed by atoms with E-state index in [1.54, 1.807) is 6.92 Å². The summed E-state index contributed by atoms with van der Waals surface area (Å²) in [6.07, 6.45) is 0.674. The minimum absolute atomic E-state index is 0.138. The molecular formula is C12H16N4O. The van der Waals surface area contributed by atoms with Crippen molar-refractivity contribution in [3.8, 4) is 0 Å². The van der Waals surface area contributed by atoms with Crippen molar-refractivity contribution in [3.63, 3.8) is 0 Å². The molecule has 0 fully saturated rings. The lowest BCUT2D eigenvalue weighted by Gasteiger charge is -2.05. The minimum atomic E-state index is -0.467. The number of fused-ring (bicyclic) bond motifs is 1. The Bertz CT molecular complexity index is 485. The fourth-order valence-corrected chi connectivity index (χ4v) is 1.59. The van der Waals surface area contributed by atoms with Gasteiger partial charge in [0.25, 0.3) is 0 Å². The first-order valence-corrected chi connectivity index (χ1v) is 5.64. The SMILES string of the molecule is C[C@@H](N)C(=O)NCCc1nc2ccccc2[nH]1. The first kappa shape index (κ1) is 11.6. The number of nitrogens with one attached hydrogen (secondary N) is 2. The van der Waals surface area contributed by atoms with Crippen molar-refractivity contribution in [2.75, 3.05) is 6.54 Å². The molecule has 0 bridgehead atoms. The first-order chi connectivity index (χ1) is 8.16. The fraction of sp³-hybridized carbons (Fsp3) is 0.333. The number of para-hydroxylation sites is 2. The Balaban J connectivity index is 1.93. The van der Waals surface area contributed by atoms with Crippen LogP contribution in [0.2, 0.25) is 0 Å². The van der Waals surface area contributed by atoms with Crippen LogP contribution in [-0.2, 0) is 11.2 Å². The van der Waals surface area contributed by atoms with Gasteiger partial charge in [-0.2, -0.15) is 0 Å². The van der Waals surface area contributed by atoms with Crippen LogP contribution in [0.15, 0.2) is 24.3 Å². The van der Waals surface area contributed by atoms with E-state index in [0.29, 0.717) is 13.0 Å². The number of amides is 1. The Morgan fingerprint density at radius 2 is 2.29 bits per heavy atom. The second kappa shape index (κ2) is 4.97. The molecule has 1 atom stereocenters. The van der Waals surface area contributed by atoms with Gasteiger partial charge in [-0.1, -0.05) is 12.1 Å². The number of nitrogens with zero attached hydrogens (tertiary/aromatic N) is 1. The monoisotopic (exact) mass is 232 g/mol.